The molecule has 1 aliphatic rings. The van der Waals surface area contributed by atoms with Crippen molar-refractivity contribution < 1.29 is 50.2 Å². The molecule has 14 heteroatoms. The largest absolute Gasteiger partial charge is 0.456 e. The first kappa shape index (κ1) is 29.4. The van der Waals surface area contributed by atoms with Crippen LogP contribution in [0.15, 0.2) is 18.2 Å². The summed E-state index contributed by atoms with van der Waals surface area (Å²) in [5.74, 6) is -2.28. The van der Waals surface area contributed by atoms with Crippen molar-refractivity contribution in [2.75, 3.05) is 19.8 Å². The Labute approximate surface area is 202 Å². The number of esters is 1. The molecule has 0 aliphatic carbocycles. The molecule has 1 fully saturated rings. The second-order valence-corrected chi connectivity index (χ2v) is 8.98. The van der Waals surface area contributed by atoms with Gasteiger partial charge < -0.3 is 25.8 Å². The van der Waals surface area contributed by atoms with E-state index in [1.165, 1.54) is 6.92 Å². The Morgan fingerprint density at radius 3 is 2.06 bits per heavy atom. The van der Waals surface area contributed by atoms with Crippen LogP contribution in [-0.2, 0) is 36.2 Å². The number of ether oxygens (including phenoxy) is 2. The van der Waals surface area contributed by atoms with E-state index in [0.717, 1.165) is 6.92 Å². The average Bonchev–Trinajstić information content (AvgIpc) is 2.76. The van der Waals surface area contributed by atoms with E-state index in [2.05, 4.69) is 15.4 Å². The smallest absolute Gasteiger partial charge is 0.416 e. The minimum absolute atomic E-state index is 0.0411. The molecule has 3 atom stereocenters. The van der Waals surface area contributed by atoms with Gasteiger partial charge in [0.2, 0.25) is 5.91 Å². The summed E-state index contributed by atoms with van der Waals surface area (Å²) in [6.07, 6.45) is -10.8. The molecule has 0 aromatic heterocycles. The van der Waals surface area contributed by atoms with Crippen LogP contribution < -0.4 is 16.4 Å². The molecule has 3 unspecified atom stereocenters. The van der Waals surface area contributed by atoms with Crippen molar-refractivity contribution >= 4 is 17.8 Å². The van der Waals surface area contributed by atoms with Gasteiger partial charge in [-0.15, -0.1) is 0 Å². The van der Waals surface area contributed by atoms with E-state index in [1.807, 2.05) is 0 Å². The molecule has 1 aromatic rings. The van der Waals surface area contributed by atoms with Crippen LogP contribution in [0.25, 0.3) is 0 Å². The third kappa shape index (κ3) is 7.56. The molecule has 2 rings (SSSR count). The number of nitrogens with one attached hydrogen (secondary N) is 2. The maximum atomic E-state index is 13.1. The van der Waals surface area contributed by atoms with Gasteiger partial charge in [-0.25, -0.2) is 0 Å². The topological polar surface area (TPSA) is 120 Å². The minimum Gasteiger partial charge on any atom is -0.456 e. The molecule has 36 heavy (non-hydrogen) atoms. The van der Waals surface area contributed by atoms with E-state index in [4.69, 9.17) is 10.5 Å². The summed E-state index contributed by atoms with van der Waals surface area (Å²) >= 11 is 0. The fraction of sp³-hybridized carbons (Fsp3) is 0.591. The average molecular weight is 527 g/mol. The fourth-order valence-electron chi connectivity index (χ4n) is 3.62. The summed E-state index contributed by atoms with van der Waals surface area (Å²) in [6.45, 7) is 3.23. The van der Waals surface area contributed by atoms with Gasteiger partial charge in [0.15, 0.2) is 6.61 Å². The van der Waals surface area contributed by atoms with Crippen molar-refractivity contribution in [2.45, 2.75) is 63.1 Å². The molecule has 0 bridgehead atoms. The van der Waals surface area contributed by atoms with Crippen molar-refractivity contribution in [1.29, 1.82) is 0 Å². The first-order valence-corrected chi connectivity index (χ1v) is 10.8. The van der Waals surface area contributed by atoms with E-state index in [-0.39, 0.29) is 37.6 Å². The molecule has 0 saturated carbocycles. The van der Waals surface area contributed by atoms with Gasteiger partial charge in [0.25, 0.3) is 5.91 Å². The normalized spacial score (nSPS) is 23.6. The van der Waals surface area contributed by atoms with Crippen LogP contribution in [0.2, 0.25) is 0 Å². The summed E-state index contributed by atoms with van der Waals surface area (Å²) in [5.41, 5.74) is -0.0575. The Kier molecular flexibility index (Phi) is 8.67. The molecule has 2 amide bonds. The second-order valence-electron chi connectivity index (χ2n) is 8.98. The predicted octanol–water partition coefficient (Wildman–Crippen LogP) is 2.85. The first-order chi connectivity index (χ1) is 16.4. The van der Waals surface area contributed by atoms with Gasteiger partial charge in [-0.2, -0.15) is 26.3 Å². The molecule has 0 spiro atoms. The van der Waals surface area contributed by atoms with Gasteiger partial charge in [-0.1, -0.05) is 0 Å². The van der Waals surface area contributed by atoms with Crippen LogP contribution in [0.1, 0.15) is 56.4 Å². The van der Waals surface area contributed by atoms with Gasteiger partial charge in [-0.3, -0.25) is 14.4 Å². The fourth-order valence-corrected chi connectivity index (χ4v) is 3.62. The Morgan fingerprint density at radius 1 is 1.08 bits per heavy atom. The Hall–Kier alpha value is -2.87. The number of primary amides is 1. The number of hydrogen-bond donors (Lipinski definition) is 3. The molecule has 8 nitrogen and oxygen atoms in total. The van der Waals surface area contributed by atoms with Crippen molar-refractivity contribution in [3.63, 3.8) is 0 Å². The quantitative estimate of drug-likeness (QED) is 0.353. The highest BCUT2D eigenvalue weighted by Gasteiger charge is 2.45. The van der Waals surface area contributed by atoms with E-state index in [9.17, 15) is 40.7 Å². The van der Waals surface area contributed by atoms with Gasteiger partial charge in [0.05, 0.1) is 23.8 Å². The maximum absolute atomic E-state index is 13.1. The number of hydrogen-bond acceptors (Lipinski definition) is 6. The van der Waals surface area contributed by atoms with Crippen molar-refractivity contribution in [2.24, 2.45) is 5.73 Å². The van der Waals surface area contributed by atoms with Crippen molar-refractivity contribution in [3.8, 4) is 0 Å². The van der Waals surface area contributed by atoms with Gasteiger partial charge in [-0.05, 0) is 50.5 Å². The number of rotatable bonds is 8. The summed E-state index contributed by atoms with van der Waals surface area (Å²) in [6, 6.07) is 1.25. The van der Waals surface area contributed by atoms with Crippen LogP contribution in [0.4, 0.5) is 26.3 Å². The van der Waals surface area contributed by atoms with E-state index in [0.29, 0.717) is 12.1 Å². The van der Waals surface area contributed by atoms with Crippen molar-refractivity contribution in [3.05, 3.63) is 34.9 Å². The lowest BCUT2D eigenvalue weighted by Gasteiger charge is -2.44. The SMILES string of the molecule is CC(=O)OCC(=O)NC1(C(N)=O)CCC(C)(COC(C)c2cc(C(F)(F)F)cc(C(F)(F)F)c2)NC1. The molecule has 1 aliphatic heterocycles. The Bertz CT molecular complexity index is 955. The number of halogens is 6. The number of piperidine rings is 1. The lowest BCUT2D eigenvalue weighted by atomic mass is 9.80. The molecule has 1 aromatic carbocycles. The lowest BCUT2D eigenvalue weighted by molar-refractivity contribution is -0.148. The zero-order valence-corrected chi connectivity index (χ0v) is 19.7. The van der Waals surface area contributed by atoms with Gasteiger partial charge in [0.1, 0.15) is 5.54 Å². The highest BCUT2D eigenvalue weighted by atomic mass is 19.4. The van der Waals surface area contributed by atoms with E-state index < -0.39 is 65.1 Å². The number of benzene rings is 1. The lowest BCUT2D eigenvalue weighted by Crippen LogP contribution is -2.69. The number of carbonyl (C=O) groups excluding carboxylic acids is 3. The van der Waals surface area contributed by atoms with Gasteiger partial charge >= 0.3 is 18.3 Å². The molecule has 1 saturated heterocycles. The Balaban J connectivity index is 2.10. The van der Waals surface area contributed by atoms with Crippen LogP contribution >= 0.6 is 0 Å². The van der Waals surface area contributed by atoms with Crippen LogP contribution in [0.3, 0.4) is 0 Å². The van der Waals surface area contributed by atoms with Crippen LogP contribution in [0.5, 0.6) is 0 Å². The molecular formula is C22H27F6N3O5. The third-order valence-corrected chi connectivity index (χ3v) is 5.91. The molecule has 4 N–H and O–H groups in total. The second kappa shape index (κ2) is 10.6. The summed E-state index contributed by atoms with van der Waals surface area (Å²) in [4.78, 5) is 35.0. The summed E-state index contributed by atoms with van der Waals surface area (Å²) in [5, 5.41) is 5.46. The van der Waals surface area contributed by atoms with Crippen LogP contribution in [0, 0.1) is 0 Å². The van der Waals surface area contributed by atoms with Crippen molar-refractivity contribution in [1.82, 2.24) is 10.6 Å². The number of nitrogens with two attached hydrogens (primary N) is 1. The highest BCUT2D eigenvalue weighted by molar-refractivity contribution is 5.91. The molecular weight excluding hydrogens is 500 g/mol. The Morgan fingerprint density at radius 2 is 1.64 bits per heavy atom. The van der Waals surface area contributed by atoms with Crippen LogP contribution in [-0.4, -0.2) is 48.6 Å². The number of carbonyl (C=O) groups is 3. The van der Waals surface area contributed by atoms with E-state index in [1.54, 1.807) is 6.92 Å². The number of alkyl halides is 6. The zero-order valence-electron chi connectivity index (χ0n) is 19.7. The zero-order chi connectivity index (χ0) is 27.5. The monoisotopic (exact) mass is 527 g/mol. The van der Waals surface area contributed by atoms with Gasteiger partial charge in [0, 0.05) is 19.0 Å². The maximum Gasteiger partial charge on any atom is 0.416 e. The standard InChI is InChI=1S/C22H27F6N3O5/c1-12(14-6-15(21(23,24)25)8-16(7-14)22(26,27)28)36-11-19(3)4-5-20(10-30-19,18(29)34)31-17(33)9-35-13(2)32/h6-8,12,30H,4-5,9-11H2,1-3H3,(H2,29,34)(H,31,33). The number of amides is 2. The minimum atomic E-state index is -4.98. The summed E-state index contributed by atoms with van der Waals surface area (Å²) in [7, 11) is 0. The first-order valence-electron chi connectivity index (χ1n) is 10.8. The predicted molar refractivity (Wildman–Crippen MR) is 113 cm³/mol. The third-order valence-electron chi connectivity index (χ3n) is 5.91. The molecule has 0 radical (unpaired) electrons. The van der Waals surface area contributed by atoms with E-state index >= 15 is 0 Å². The highest BCUT2D eigenvalue weighted by Crippen LogP contribution is 2.38. The summed E-state index contributed by atoms with van der Waals surface area (Å²) < 4.78 is 89.1. The molecule has 1 heterocycles. The molecule has 202 valence electrons.